The average molecular weight is 287 g/mol. The van der Waals surface area contributed by atoms with Gasteiger partial charge in [0.05, 0.1) is 0 Å². The van der Waals surface area contributed by atoms with Gasteiger partial charge < -0.3 is 5.32 Å². The summed E-state index contributed by atoms with van der Waals surface area (Å²) in [5.74, 6) is -0.161. The van der Waals surface area contributed by atoms with E-state index in [4.69, 9.17) is 0 Å². The van der Waals surface area contributed by atoms with Gasteiger partial charge in [-0.25, -0.2) is 4.39 Å². The number of nitrogens with one attached hydrogen (secondary N) is 1. The van der Waals surface area contributed by atoms with Gasteiger partial charge in [0, 0.05) is 16.2 Å². The van der Waals surface area contributed by atoms with E-state index in [-0.39, 0.29) is 11.9 Å². The molecule has 2 unspecified atom stereocenters. The highest BCUT2D eigenvalue weighted by Crippen LogP contribution is 2.42. The fourth-order valence-electron chi connectivity index (χ4n) is 2.88. The zero-order valence-electron chi connectivity index (χ0n) is 11.7. The minimum absolute atomic E-state index is 0.161. The Labute approximate surface area is 123 Å². The van der Waals surface area contributed by atoms with E-state index in [2.05, 4.69) is 29.6 Å². The number of hydrogen-bond acceptors (Lipinski definition) is 2. The Balaban J connectivity index is 1.91. The molecule has 1 aliphatic rings. The molecular weight excluding hydrogens is 269 g/mol. The quantitative estimate of drug-likeness (QED) is 0.911. The standard InChI is InChI=1S/C17H18FNS/c1-11-7-8-13(18)10-14(11)17(19-2)16-9-12-5-3-4-6-15(12)20-16/h3-8,10,16-17,19H,9H2,1-2H3. The summed E-state index contributed by atoms with van der Waals surface area (Å²) in [7, 11) is 1.96. The van der Waals surface area contributed by atoms with Crippen LogP contribution in [0.5, 0.6) is 0 Å². The molecule has 0 bridgehead atoms. The largest absolute Gasteiger partial charge is 0.312 e. The van der Waals surface area contributed by atoms with Gasteiger partial charge in [-0.15, -0.1) is 11.8 Å². The molecule has 2 aromatic rings. The highest BCUT2D eigenvalue weighted by atomic mass is 32.2. The summed E-state index contributed by atoms with van der Waals surface area (Å²) in [6, 6.07) is 13.8. The molecule has 3 rings (SSSR count). The third-order valence-corrected chi connectivity index (χ3v) is 5.32. The fraction of sp³-hybridized carbons (Fsp3) is 0.294. The van der Waals surface area contributed by atoms with Gasteiger partial charge in [0.1, 0.15) is 5.82 Å². The third-order valence-electron chi connectivity index (χ3n) is 3.93. The summed E-state index contributed by atoms with van der Waals surface area (Å²) in [5, 5.41) is 3.79. The van der Waals surface area contributed by atoms with Crippen molar-refractivity contribution >= 4 is 11.8 Å². The summed E-state index contributed by atoms with van der Waals surface area (Å²) < 4.78 is 13.6. The summed E-state index contributed by atoms with van der Waals surface area (Å²) in [4.78, 5) is 1.35. The molecule has 0 spiro atoms. The topological polar surface area (TPSA) is 12.0 Å². The number of hydrogen-bond donors (Lipinski definition) is 1. The van der Waals surface area contributed by atoms with Crippen molar-refractivity contribution in [1.29, 1.82) is 0 Å². The monoisotopic (exact) mass is 287 g/mol. The Morgan fingerprint density at radius 3 is 2.80 bits per heavy atom. The van der Waals surface area contributed by atoms with Gasteiger partial charge in [0.15, 0.2) is 0 Å². The smallest absolute Gasteiger partial charge is 0.123 e. The van der Waals surface area contributed by atoms with E-state index >= 15 is 0 Å². The maximum atomic E-state index is 13.6. The Hall–Kier alpha value is -1.32. The van der Waals surface area contributed by atoms with E-state index in [9.17, 15) is 4.39 Å². The molecule has 1 heterocycles. The number of halogens is 1. The molecule has 0 fully saturated rings. The highest BCUT2D eigenvalue weighted by Gasteiger charge is 2.30. The lowest BCUT2D eigenvalue weighted by atomic mass is 9.95. The van der Waals surface area contributed by atoms with Gasteiger partial charge in [0.2, 0.25) is 0 Å². The molecule has 1 N–H and O–H groups in total. The van der Waals surface area contributed by atoms with Crippen molar-refractivity contribution in [2.24, 2.45) is 0 Å². The first-order chi connectivity index (χ1) is 9.69. The van der Waals surface area contributed by atoms with Crippen LogP contribution >= 0.6 is 11.8 Å². The van der Waals surface area contributed by atoms with Crippen LogP contribution in [0.4, 0.5) is 4.39 Å². The van der Waals surface area contributed by atoms with E-state index in [1.165, 1.54) is 16.5 Å². The molecule has 1 aliphatic heterocycles. The van der Waals surface area contributed by atoms with Crippen molar-refractivity contribution in [1.82, 2.24) is 5.32 Å². The molecule has 0 radical (unpaired) electrons. The lowest BCUT2D eigenvalue weighted by molar-refractivity contribution is 0.556. The first kappa shape index (κ1) is 13.7. The van der Waals surface area contributed by atoms with E-state index in [1.54, 1.807) is 6.07 Å². The summed E-state index contributed by atoms with van der Waals surface area (Å²) in [6.45, 7) is 2.05. The molecule has 2 aromatic carbocycles. The van der Waals surface area contributed by atoms with Crippen LogP contribution in [0.1, 0.15) is 22.7 Å². The third kappa shape index (κ3) is 2.48. The van der Waals surface area contributed by atoms with Crippen LogP contribution in [0.3, 0.4) is 0 Å². The minimum Gasteiger partial charge on any atom is -0.312 e. The van der Waals surface area contributed by atoms with Crippen molar-refractivity contribution in [2.75, 3.05) is 7.05 Å². The van der Waals surface area contributed by atoms with Crippen molar-refractivity contribution in [2.45, 2.75) is 29.5 Å². The van der Waals surface area contributed by atoms with Crippen LogP contribution in [0.2, 0.25) is 0 Å². The summed E-state index contributed by atoms with van der Waals surface area (Å²) in [6.07, 6.45) is 1.03. The van der Waals surface area contributed by atoms with Gasteiger partial charge in [-0.1, -0.05) is 24.3 Å². The lowest BCUT2D eigenvalue weighted by Gasteiger charge is -2.24. The summed E-state index contributed by atoms with van der Waals surface area (Å²) in [5.41, 5.74) is 3.61. The van der Waals surface area contributed by atoms with Crippen molar-refractivity contribution in [3.05, 3.63) is 65.0 Å². The Morgan fingerprint density at radius 2 is 2.05 bits per heavy atom. The Bertz CT molecular complexity index is 601. The van der Waals surface area contributed by atoms with E-state index in [0.717, 1.165) is 17.5 Å². The zero-order valence-corrected chi connectivity index (χ0v) is 12.5. The molecule has 0 aromatic heterocycles. The van der Waals surface area contributed by atoms with Crippen LogP contribution in [0.15, 0.2) is 47.4 Å². The molecule has 20 heavy (non-hydrogen) atoms. The maximum absolute atomic E-state index is 13.6. The van der Waals surface area contributed by atoms with Crippen LogP contribution in [-0.4, -0.2) is 12.3 Å². The van der Waals surface area contributed by atoms with Crippen LogP contribution in [-0.2, 0) is 6.42 Å². The highest BCUT2D eigenvalue weighted by molar-refractivity contribution is 8.00. The second-order valence-electron chi connectivity index (χ2n) is 5.24. The molecule has 0 saturated heterocycles. The number of thioether (sulfide) groups is 1. The molecule has 2 atom stereocenters. The predicted molar refractivity (Wildman–Crippen MR) is 82.7 cm³/mol. The predicted octanol–water partition coefficient (Wildman–Crippen LogP) is 4.11. The number of aryl methyl sites for hydroxylation is 1. The Kier molecular flexibility index (Phi) is 3.81. The molecule has 0 saturated carbocycles. The van der Waals surface area contributed by atoms with E-state index in [1.807, 2.05) is 31.8 Å². The van der Waals surface area contributed by atoms with Crippen molar-refractivity contribution in [3.8, 4) is 0 Å². The first-order valence-electron chi connectivity index (χ1n) is 6.87. The first-order valence-corrected chi connectivity index (χ1v) is 7.75. The van der Waals surface area contributed by atoms with Crippen LogP contribution < -0.4 is 5.32 Å². The normalized spacial score (nSPS) is 18.9. The molecule has 1 nitrogen and oxygen atoms in total. The zero-order chi connectivity index (χ0) is 14.1. The van der Waals surface area contributed by atoms with Gasteiger partial charge >= 0.3 is 0 Å². The molecular formula is C17H18FNS. The SMILES string of the molecule is CNC(c1cc(F)ccc1C)C1Cc2ccccc2S1. The van der Waals surface area contributed by atoms with E-state index in [0.29, 0.717) is 5.25 Å². The lowest BCUT2D eigenvalue weighted by Crippen LogP contribution is -2.28. The molecule has 0 amide bonds. The van der Waals surface area contributed by atoms with Crippen molar-refractivity contribution in [3.63, 3.8) is 0 Å². The molecule has 0 aliphatic carbocycles. The number of benzene rings is 2. The van der Waals surface area contributed by atoms with Crippen molar-refractivity contribution < 1.29 is 4.39 Å². The minimum atomic E-state index is -0.161. The average Bonchev–Trinajstić information content (AvgIpc) is 2.87. The van der Waals surface area contributed by atoms with Crippen LogP contribution in [0.25, 0.3) is 0 Å². The van der Waals surface area contributed by atoms with Crippen LogP contribution in [0, 0.1) is 12.7 Å². The number of rotatable bonds is 3. The maximum Gasteiger partial charge on any atom is 0.123 e. The second-order valence-corrected chi connectivity index (χ2v) is 6.52. The molecule has 3 heteroatoms. The van der Waals surface area contributed by atoms with Gasteiger partial charge in [0.25, 0.3) is 0 Å². The number of fused-ring (bicyclic) bond motifs is 1. The van der Waals surface area contributed by atoms with Gasteiger partial charge in [-0.2, -0.15) is 0 Å². The van der Waals surface area contributed by atoms with Gasteiger partial charge in [-0.05, 0) is 55.3 Å². The molecule has 104 valence electrons. The summed E-state index contributed by atoms with van der Waals surface area (Å²) >= 11 is 1.89. The Morgan fingerprint density at radius 1 is 1.25 bits per heavy atom. The fourth-order valence-corrected chi connectivity index (χ4v) is 4.35. The van der Waals surface area contributed by atoms with Gasteiger partial charge in [-0.3, -0.25) is 0 Å². The second kappa shape index (κ2) is 5.58. The van der Waals surface area contributed by atoms with E-state index < -0.39 is 0 Å².